The molecular weight excluding hydrogens is 452 g/mol. The number of nitrogens with two attached hydrogens (primary N) is 1. The minimum atomic E-state index is 0.417. The fraction of sp³-hybridized carbons (Fsp3) is 0.214. The van der Waals surface area contributed by atoms with Gasteiger partial charge in [-0.3, -0.25) is 4.98 Å². The number of halogens is 3. The summed E-state index contributed by atoms with van der Waals surface area (Å²) < 4.78 is 8.60. The predicted octanol–water partition coefficient (Wildman–Crippen LogP) is 4.45. The van der Waals surface area contributed by atoms with Crippen molar-refractivity contribution in [3.05, 3.63) is 55.1 Å². The lowest BCUT2D eigenvalue weighted by atomic mass is 10.1. The zero-order chi connectivity index (χ0) is 14.5. The van der Waals surface area contributed by atoms with Crippen LogP contribution in [0.5, 0.6) is 5.75 Å². The van der Waals surface area contributed by atoms with Crippen LogP contribution in [-0.2, 0) is 13.0 Å². The number of ether oxygens (including phenoxy) is 1. The second kappa shape index (κ2) is 7.54. The van der Waals surface area contributed by atoms with E-state index in [9.17, 15) is 0 Å². The van der Waals surface area contributed by atoms with Gasteiger partial charge in [0.1, 0.15) is 12.4 Å². The summed E-state index contributed by atoms with van der Waals surface area (Å²) in [6.45, 7) is 1.04. The second-order valence-corrected chi connectivity index (χ2v) is 6.81. The maximum atomic E-state index is 5.82. The van der Waals surface area contributed by atoms with Crippen LogP contribution in [0.4, 0.5) is 0 Å². The van der Waals surface area contributed by atoms with Crippen molar-refractivity contribution < 1.29 is 4.74 Å². The molecule has 0 unspecified atom stereocenters. The molecule has 2 rings (SSSR count). The summed E-state index contributed by atoms with van der Waals surface area (Å²) in [6, 6.07) is 7.93. The Balaban J connectivity index is 2.11. The highest BCUT2D eigenvalue weighted by molar-refractivity contribution is 9.11. The first-order valence-electron chi connectivity index (χ1n) is 6.01. The highest BCUT2D eigenvalue weighted by atomic mass is 79.9. The van der Waals surface area contributed by atoms with E-state index in [1.165, 1.54) is 5.56 Å². The molecule has 6 heteroatoms. The molecule has 0 radical (unpaired) electrons. The van der Waals surface area contributed by atoms with Gasteiger partial charge in [-0.25, -0.2) is 0 Å². The number of aromatic nitrogens is 1. The first-order valence-corrected chi connectivity index (χ1v) is 8.39. The highest BCUT2D eigenvalue weighted by Gasteiger charge is 2.09. The summed E-state index contributed by atoms with van der Waals surface area (Å²) in [4.78, 5) is 4.28. The molecule has 0 aliphatic rings. The standard InChI is InChI=1S/C14H13Br3N2O/c15-10-1-2-11(19-7-10)8-20-14-12(16)5-9(3-4-18)6-13(14)17/h1-2,5-7H,3-4,8,18H2. The summed E-state index contributed by atoms with van der Waals surface area (Å²) in [7, 11) is 0. The first-order chi connectivity index (χ1) is 9.60. The number of nitrogens with zero attached hydrogens (tertiary/aromatic N) is 1. The average Bonchev–Trinajstić information content (AvgIpc) is 2.40. The monoisotopic (exact) mass is 462 g/mol. The quantitative estimate of drug-likeness (QED) is 0.711. The van der Waals surface area contributed by atoms with Crippen LogP contribution in [0.1, 0.15) is 11.3 Å². The predicted molar refractivity (Wildman–Crippen MR) is 90.9 cm³/mol. The molecule has 0 saturated carbocycles. The normalized spacial score (nSPS) is 10.6. The van der Waals surface area contributed by atoms with Crippen LogP contribution >= 0.6 is 47.8 Å². The molecular formula is C14H13Br3N2O. The Hall–Kier alpha value is -0.430. The lowest BCUT2D eigenvalue weighted by molar-refractivity contribution is 0.297. The maximum absolute atomic E-state index is 5.82. The van der Waals surface area contributed by atoms with E-state index in [2.05, 4.69) is 52.8 Å². The van der Waals surface area contributed by atoms with Crippen LogP contribution in [0.15, 0.2) is 43.9 Å². The summed E-state index contributed by atoms with van der Waals surface area (Å²) in [5.74, 6) is 0.774. The third-order valence-corrected chi connectivity index (χ3v) is 4.29. The molecule has 0 atom stereocenters. The van der Waals surface area contributed by atoms with Crippen LogP contribution in [0, 0.1) is 0 Å². The fourth-order valence-corrected chi connectivity index (χ4v) is 3.44. The summed E-state index contributed by atoms with van der Waals surface area (Å²) in [5.41, 5.74) is 7.61. The number of pyridine rings is 1. The van der Waals surface area contributed by atoms with Crippen LogP contribution in [0.3, 0.4) is 0 Å². The van der Waals surface area contributed by atoms with Gasteiger partial charge in [-0.2, -0.15) is 0 Å². The molecule has 2 aromatic rings. The lowest BCUT2D eigenvalue weighted by Gasteiger charge is -2.12. The topological polar surface area (TPSA) is 48.1 Å². The Morgan fingerprint density at radius 3 is 2.35 bits per heavy atom. The van der Waals surface area contributed by atoms with Crippen molar-refractivity contribution in [1.29, 1.82) is 0 Å². The van der Waals surface area contributed by atoms with E-state index in [1.807, 2.05) is 24.3 Å². The van der Waals surface area contributed by atoms with Crippen molar-refractivity contribution in [3.8, 4) is 5.75 Å². The minimum Gasteiger partial charge on any atom is -0.485 e. The highest BCUT2D eigenvalue weighted by Crippen LogP contribution is 2.35. The Morgan fingerprint density at radius 2 is 1.80 bits per heavy atom. The molecule has 0 spiro atoms. The Kier molecular flexibility index (Phi) is 6.01. The average molecular weight is 465 g/mol. The van der Waals surface area contributed by atoms with E-state index >= 15 is 0 Å². The van der Waals surface area contributed by atoms with E-state index in [0.717, 1.165) is 31.3 Å². The summed E-state index contributed by atoms with van der Waals surface area (Å²) >= 11 is 10.4. The van der Waals surface area contributed by atoms with Crippen LogP contribution in [0.2, 0.25) is 0 Å². The van der Waals surface area contributed by atoms with Gasteiger partial charge in [-0.1, -0.05) is 0 Å². The number of hydrogen-bond donors (Lipinski definition) is 1. The molecule has 3 nitrogen and oxygen atoms in total. The SMILES string of the molecule is NCCc1cc(Br)c(OCc2ccc(Br)cn2)c(Br)c1. The Bertz CT molecular complexity index is 564. The molecule has 0 aliphatic heterocycles. The molecule has 2 N–H and O–H groups in total. The Morgan fingerprint density at radius 1 is 1.10 bits per heavy atom. The van der Waals surface area contributed by atoms with E-state index in [1.54, 1.807) is 6.20 Å². The van der Waals surface area contributed by atoms with Crippen molar-refractivity contribution in [1.82, 2.24) is 4.98 Å². The second-order valence-electron chi connectivity index (χ2n) is 4.18. The molecule has 0 bridgehead atoms. The van der Waals surface area contributed by atoms with E-state index in [-0.39, 0.29) is 0 Å². The third-order valence-electron chi connectivity index (χ3n) is 2.64. The van der Waals surface area contributed by atoms with Gasteiger partial charge < -0.3 is 10.5 Å². The zero-order valence-electron chi connectivity index (χ0n) is 10.6. The smallest absolute Gasteiger partial charge is 0.148 e. The molecule has 0 saturated heterocycles. The number of rotatable bonds is 5. The van der Waals surface area contributed by atoms with Crippen LogP contribution in [-0.4, -0.2) is 11.5 Å². The van der Waals surface area contributed by atoms with Crippen molar-refractivity contribution >= 4 is 47.8 Å². The van der Waals surface area contributed by atoms with Crippen LogP contribution < -0.4 is 10.5 Å². The molecule has 1 heterocycles. The van der Waals surface area contributed by atoms with Gasteiger partial charge in [-0.05, 0) is 90.6 Å². The molecule has 106 valence electrons. The molecule has 0 amide bonds. The number of benzene rings is 1. The molecule has 0 aliphatic carbocycles. The molecule has 20 heavy (non-hydrogen) atoms. The molecule has 1 aromatic heterocycles. The van der Waals surface area contributed by atoms with E-state index in [4.69, 9.17) is 10.5 Å². The van der Waals surface area contributed by atoms with Gasteiger partial charge >= 0.3 is 0 Å². The summed E-state index contributed by atoms with van der Waals surface area (Å²) in [5, 5.41) is 0. The van der Waals surface area contributed by atoms with Crippen molar-refractivity contribution in [2.24, 2.45) is 5.73 Å². The lowest BCUT2D eigenvalue weighted by Crippen LogP contribution is -2.04. The largest absolute Gasteiger partial charge is 0.485 e. The van der Waals surface area contributed by atoms with Gasteiger partial charge in [0, 0.05) is 10.7 Å². The number of hydrogen-bond acceptors (Lipinski definition) is 3. The van der Waals surface area contributed by atoms with Gasteiger partial charge in [0.05, 0.1) is 14.6 Å². The van der Waals surface area contributed by atoms with Gasteiger partial charge in [0.25, 0.3) is 0 Å². The third kappa shape index (κ3) is 4.28. The van der Waals surface area contributed by atoms with E-state index < -0.39 is 0 Å². The summed E-state index contributed by atoms with van der Waals surface area (Å²) in [6.07, 6.45) is 2.60. The van der Waals surface area contributed by atoms with Gasteiger partial charge in [-0.15, -0.1) is 0 Å². The van der Waals surface area contributed by atoms with Crippen LogP contribution in [0.25, 0.3) is 0 Å². The first kappa shape index (κ1) is 15.9. The van der Waals surface area contributed by atoms with Crippen molar-refractivity contribution in [3.63, 3.8) is 0 Å². The molecule has 0 fully saturated rings. The van der Waals surface area contributed by atoms with E-state index in [0.29, 0.717) is 13.2 Å². The van der Waals surface area contributed by atoms with Crippen molar-refractivity contribution in [2.75, 3.05) is 6.54 Å². The maximum Gasteiger partial charge on any atom is 0.148 e. The Labute approximate surface area is 143 Å². The minimum absolute atomic E-state index is 0.417. The molecule has 1 aromatic carbocycles. The zero-order valence-corrected chi connectivity index (χ0v) is 15.3. The van der Waals surface area contributed by atoms with Crippen molar-refractivity contribution in [2.45, 2.75) is 13.0 Å². The van der Waals surface area contributed by atoms with Gasteiger partial charge in [0.15, 0.2) is 0 Å². The fourth-order valence-electron chi connectivity index (χ4n) is 1.70. The van der Waals surface area contributed by atoms with Gasteiger partial charge in [0.2, 0.25) is 0 Å².